The smallest absolute Gasteiger partial charge is 0.406 e. The minimum Gasteiger partial charge on any atom is -0.406 e. The van der Waals surface area contributed by atoms with E-state index in [2.05, 4.69) is 31.8 Å². The summed E-state index contributed by atoms with van der Waals surface area (Å²) in [5, 5.41) is 3.39. The Labute approximate surface area is 162 Å². The molecule has 2 fully saturated rings. The van der Waals surface area contributed by atoms with Gasteiger partial charge in [0, 0.05) is 44.5 Å². The van der Waals surface area contributed by atoms with Gasteiger partial charge in [-0.1, -0.05) is 19.1 Å². The van der Waals surface area contributed by atoms with Crippen molar-refractivity contribution in [2.24, 2.45) is 17.8 Å². The zero-order chi connectivity index (χ0) is 19.7. The number of alkyl halides is 3. The molecule has 1 aromatic heterocycles. The molecule has 0 amide bonds. The third-order valence-electron chi connectivity index (χ3n) is 5.70. The van der Waals surface area contributed by atoms with Crippen LogP contribution in [-0.4, -0.2) is 40.9 Å². The number of halogens is 3. The number of rotatable bonds is 8. The summed E-state index contributed by atoms with van der Waals surface area (Å²) in [5.41, 5.74) is 1.97. The minimum absolute atomic E-state index is 0.171. The first-order chi connectivity index (χ1) is 13.4. The van der Waals surface area contributed by atoms with Gasteiger partial charge in [0.25, 0.3) is 0 Å². The van der Waals surface area contributed by atoms with Crippen LogP contribution in [0.1, 0.15) is 24.0 Å². The molecule has 1 aliphatic heterocycles. The van der Waals surface area contributed by atoms with Gasteiger partial charge in [-0.25, -0.2) is 4.98 Å². The summed E-state index contributed by atoms with van der Waals surface area (Å²) in [5.74, 6) is 2.97. The quantitative estimate of drug-likeness (QED) is 0.721. The van der Waals surface area contributed by atoms with Gasteiger partial charge < -0.3 is 15.0 Å². The van der Waals surface area contributed by atoms with Gasteiger partial charge in [0.1, 0.15) is 11.6 Å². The van der Waals surface area contributed by atoms with Crippen molar-refractivity contribution in [3.05, 3.63) is 47.5 Å². The van der Waals surface area contributed by atoms with Gasteiger partial charge >= 0.3 is 6.36 Å². The number of aromatic amines is 1. The molecule has 8 heteroatoms. The van der Waals surface area contributed by atoms with E-state index in [0.29, 0.717) is 12.5 Å². The third-order valence-corrected chi connectivity index (χ3v) is 5.70. The molecule has 4 rings (SSSR count). The number of benzene rings is 1. The second-order valence-corrected chi connectivity index (χ2v) is 7.72. The van der Waals surface area contributed by atoms with Crippen molar-refractivity contribution in [1.29, 1.82) is 0 Å². The fourth-order valence-corrected chi connectivity index (χ4v) is 4.31. The molecule has 5 nitrogen and oxygen atoms in total. The van der Waals surface area contributed by atoms with Crippen LogP contribution in [0.5, 0.6) is 5.75 Å². The Morgan fingerprint density at radius 3 is 2.75 bits per heavy atom. The maximum atomic E-state index is 12.3. The third kappa shape index (κ3) is 4.67. The molecular weight excluding hydrogens is 369 g/mol. The number of nitrogens with one attached hydrogen (secondary N) is 2. The van der Waals surface area contributed by atoms with E-state index in [1.807, 2.05) is 6.20 Å². The van der Waals surface area contributed by atoms with Crippen molar-refractivity contribution in [2.75, 3.05) is 19.6 Å². The van der Waals surface area contributed by atoms with Gasteiger partial charge in [-0.05, 0) is 42.0 Å². The molecule has 2 unspecified atom stereocenters. The van der Waals surface area contributed by atoms with Gasteiger partial charge in [-0.2, -0.15) is 0 Å². The molecular formula is C20H25F3N4O. The van der Waals surface area contributed by atoms with E-state index in [-0.39, 0.29) is 5.75 Å². The van der Waals surface area contributed by atoms with Crippen LogP contribution in [-0.2, 0) is 19.5 Å². The van der Waals surface area contributed by atoms with Gasteiger partial charge in [-0.3, -0.25) is 4.90 Å². The van der Waals surface area contributed by atoms with E-state index in [1.54, 1.807) is 12.1 Å². The SMILES string of the molecule is CCc1ncc(CN2CC3C(CNCc4cccc(OC(F)(F)F)c4)C3C2)[nH]1. The second kappa shape index (κ2) is 7.75. The minimum atomic E-state index is -4.66. The number of aryl methyl sites for hydroxylation is 1. The lowest BCUT2D eigenvalue weighted by atomic mass is 10.2. The summed E-state index contributed by atoms with van der Waals surface area (Å²) in [7, 11) is 0. The van der Waals surface area contributed by atoms with Crippen molar-refractivity contribution >= 4 is 0 Å². The van der Waals surface area contributed by atoms with E-state index in [4.69, 9.17) is 0 Å². The van der Waals surface area contributed by atoms with E-state index >= 15 is 0 Å². The number of fused-ring (bicyclic) bond motifs is 1. The lowest BCUT2D eigenvalue weighted by Crippen LogP contribution is -2.27. The van der Waals surface area contributed by atoms with Crippen LogP contribution in [0.3, 0.4) is 0 Å². The topological polar surface area (TPSA) is 53.2 Å². The number of likely N-dealkylation sites (tertiary alicyclic amines) is 1. The van der Waals surface area contributed by atoms with E-state index in [1.165, 1.54) is 17.8 Å². The maximum absolute atomic E-state index is 12.3. The molecule has 2 atom stereocenters. The average molecular weight is 394 g/mol. The van der Waals surface area contributed by atoms with Crippen LogP contribution in [0.25, 0.3) is 0 Å². The molecule has 28 heavy (non-hydrogen) atoms. The normalized spacial score (nSPS) is 24.4. The van der Waals surface area contributed by atoms with Gasteiger partial charge in [0.15, 0.2) is 0 Å². The Hall–Kier alpha value is -2.06. The highest BCUT2D eigenvalue weighted by molar-refractivity contribution is 5.28. The molecule has 1 saturated heterocycles. The van der Waals surface area contributed by atoms with Crippen LogP contribution in [0.4, 0.5) is 13.2 Å². The zero-order valence-electron chi connectivity index (χ0n) is 15.8. The Kier molecular flexibility index (Phi) is 5.33. The molecule has 1 aromatic carbocycles. The fraction of sp³-hybridized carbons (Fsp3) is 0.550. The second-order valence-electron chi connectivity index (χ2n) is 7.72. The van der Waals surface area contributed by atoms with Crippen LogP contribution in [0.2, 0.25) is 0 Å². The summed E-state index contributed by atoms with van der Waals surface area (Å²) in [6, 6.07) is 6.15. The predicted molar refractivity (Wildman–Crippen MR) is 98.5 cm³/mol. The number of H-pyrrole nitrogens is 1. The first kappa shape index (κ1) is 19.3. The van der Waals surface area contributed by atoms with Crippen molar-refractivity contribution in [2.45, 2.75) is 32.8 Å². The number of piperidine rings is 1. The molecule has 1 aliphatic carbocycles. The van der Waals surface area contributed by atoms with Crippen LogP contribution in [0, 0.1) is 17.8 Å². The maximum Gasteiger partial charge on any atom is 0.573 e. The van der Waals surface area contributed by atoms with Crippen molar-refractivity contribution in [1.82, 2.24) is 20.2 Å². The molecule has 0 spiro atoms. The standard InChI is InChI=1S/C20H25F3N4O/c1-2-19-25-8-14(26-19)10-27-11-17-16(18(17)12-27)9-24-7-13-4-3-5-15(6-13)28-20(21,22)23/h3-6,8,16-18,24H,2,7,9-12H2,1H3,(H,25,26). The van der Waals surface area contributed by atoms with Gasteiger partial charge in [-0.15, -0.1) is 13.2 Å². The highest BCUT2D eigenvalue weighted by Crippen LogP contribution is 2.51. The lowest BCUT2D eigenvalue weighted by molar-refractivity contribution is -0.274. The number of ether oxygens (including phenoxy) is 1. The average Bonchev–Trinajstić information content (AvgIpc) is 3.00. The fourth-order valence-electron chi connectivity index (χ4n) is 4.31. The van der Waals surface area contributed by atoms with E-state index < -0.39 is 6.36 Å². The molecule has 2 N–H and O–H groups in total. The monoisotopic (exact) mass is 394 g/mol. The molecule has 2 aromatic rings. The zero-order valence-corrected chi connectivity index (χ0v) is 15.8. The number of aromatic nitrogens is 2. The van der Waals surface area contributed by atoms with Crippen molar-refractivity contribution in [3.8, 4) is 5.75 Å². The summed E-state index contributed by atoms with van der Waals surface area (Å²) in [4.78, 5) is 10.2. The van der Waals surface area contributed by atoms with Crippen LogP contribution < -0.4 is 10.1 Å². The Balaban J connectivity index is 1.18. The highest BCUT2D eigenvalue weighted by Gasteiger charge is 2.54. The van der Waals surface area contributed by atoms with E-state index in [0.717, 1.165) is 55.8 Å². The number of imidazole rings is 1. The molecule has 152 valence electrons. The summed E-state index contributed by atoms with van der Waals surface area (Å²) in [6.07, 6.45) is -1.81. The summed E-state index contributed by atoms with van der Waals surface area (Å²) in [6.45, 7) is 6.66. The Bertz CT molecular complexity index is 795. The lowest BCUT2D eigenvalue weighted by Gasteiger charge is -2.18. The first-order valence-electron chi connectivity index (χ1n) is 9.72. The van der Waals surface area contributed by atoms with Crippen molar-refractivity contribution in [3.63, 3.8) is 0 Å². The molecule has 2 aliphatic rings. The number of hydrogen-bond acceptors (Lipinski definition) is 4. The Morgan fingerprint density at radius 1 is 1.29 bits per heavy atom. The van der Waals surface area contributed by atoms with Crippen molar-refractivity contribution < 1.29 is 17.9 Å². The summed E-state index contributed by atoms with van der Waals surface area (Å²) < 4.78 is 40.9. The van der Waals surface area contributed by atoms with Gasteiger partial charge in [0.2, 0.25) is 0 Å². The Morgan fingerprint density at radius 2 is 2.07 bits per heavy atom. The number of nitrogens with zero attached hydrogens (tertiary/aromatic N) is 2. The van der Waals surface area contributed by atoms with Crippen LogP contribution in [0.15, 0.2) is 30.5 Å². The predicted octanol–water partition coefficient (Wildman–Crippen LogP) is 3.34. The molecule has 0 bridgehead atoms. The van der Waals surface area contributed by atoms with E-state index in [9.17, 15) is 13.2 Å². The molecule has 2 heterocycles. The van der Waals surface area contributed by atoms with Crippen LogP contribution >= 0.6 is 0 Å². The molecule has 1 saturated carbocycles. The first-order valence-corrected chi connectivity index (χ1v) is 9.72. The summed E-state index contributed by atoms with van der Waals surface area (Å²) >= 11 is 0. The molecule has 0 radical (unpaired) electrons. The highest BCUT2D eigenvalue weighted by atomic mass is 19.4. The largest absolute Gasteiger partial charge is 0.573 e. The van der Waals surface area contributed by atoms with Gasteiger partial charge in [0.05, 0.1) is 0 Å². The number of hydrogen-bond donors (Lipinski definition) is 2.